The summed E-state index contributed by atoms with van der Waals surface area (Å²) in [6.07, 6.45) is -0.985. The topological polar surface area (TPSA) is 84.5 Å². The van der Waals surface area contributed by atoms with Crippen LogP contribution in [0.15, 0.2) is 42.5 Å². The Balaban J connectivity index is 1.87. The van der Waals surface area contributed by atoms with E-state index in [-0.39, 0.29) is 18.4 Å². The third-order valence-electron chi connectivity index (χ3n) is 4.68. The van der Waals surface area contributed by atoms with E-state index in [9.17, 15) is 14.4 Å². The quantitative estimate of drug-likeness (QED) is 0.699. The number of carbonyl (C=O) groups excluding carboxylic acids is 3. The molecule has 2 aromatic carbocycles. The normalized spacial score (nSPS) is 11.7. The van der Waals surface area contributed by atoms with E-state index in [4.69, 9.17) is 4.74 Å². The van der Waals surface area contributed by atoms with E-state index in [1.54, 1.807) is 12.1 Å². The molecule has 0 heterocycles. The molecule has 2 rings (SSSR count). The van der Waals surface area contributed by atoms with Crippen molar-refractivity contribution in [2.24, 2.45) is 0 Å². The predicted molar refractivity (Wildman–Crippen MR) is 113 cm³/mol. The van der Waals surface area contributed by atoms with Crippen LogP contribution in [0.25, 0.3) is 0 Å². The van der Waals surface area contributed by atoms with Crippen molar-refractivity contribution in [1.29, 1.82) is 0 Å². The molecule has 2 aromatic rings. The van der Waals surface area contributed by atoms with Crippen molar-refractivity contribution >= 4 is 23.5 Å². The van der Waals surface area contributed by atoms with E-state index >= 15 is 0 Å². The van der Waals surface area contributed by atoms with Gasteiger partial charge in [-0.1, -0.05) is 38.1 Å². The fourth-order valence-electron chi connectivity index (χ4n) is 2.78. The number of rotatable bonds is 7. The molecule has 0 radical (unpaired) electrons. The van der Waals surface area contributed by atoms with Crippen LogP contribution < -0.4 is 10.6 Å². The molecule has 0 spiro atoms. The number of benzene rings is 2. The van der Waals surface area contributed by atoms with Crippen molar-refractivity contribution < 1.29 is 19.1 Å². The zero-order chi connectivity index (χ0) is 21.6. The molecule has 0 aliphatic heterocycles. The van der Waals surface area contributed by atoms with Gasteiger partial charge in [0.25, 0.3) is 11.8 Å². The van der Waals surface area contributed by atoms with E-state index in [0.29, 0.717) is 11.3 Å². The fraction of sp³-hybridized carbons (Fsp3) is 0.348. The van der Waals surface area contributed by atoms with E-state index in [0.717, 1.165) is 16.7 Å². The highest BCUT2D eigenvalue weighted by Crippen LogP contribution is 2.23. The number of nitrogens with one attached hydrogen (secondary N) is 2. The Labute approximate surface area is 171 Å². The third kappa shape index (κ3) is 6.17. The summed E-state index contributed by atoms with van der Waals surface area (Å²) in [5.41, 5.74) is 4.24. The summed E-state index contributed by atoms with van der Waals surface area (Å²) in [5.74, 6) is -1.23. The third-order valence-corrected chi connectivity index (χ3v) is 4.68. The van der Waals surface area contributed by atoms with E-state index in [2.05, 4.69) is 10.6 Å². The summed E-state index contributed by atoms with van der Waals surface area (Å²) in [6, 6.07) is 12.8. The van der Waals surface area contributed by atoms with Gasteiger partial charge in [-0.2, -0.15) is 0 Å². The maximum absolute atomic E-state index is 12.4. The van der Waals surface area contributed by atoms with Gasteiger partial charge < -0.3 is 15.4 Å². The van der Waals surface area contributed by atoms with Crippen molar-refractivity contribution in [3.8, 4) is 0 Å². The molecule has 6 heteroatoms. The minimum Gasteiger partial charge on any atom is -0.451 e. The number of esters is 1. The fourth-order valence-corrected chi connectivity index (χ4v) is 2.78. The van der Waals surface area contributed by atoms with E-state index < -0.39 is 18.0 Å². The highest BCUT2D eigenvalue weighted by molar-refractivity contribution is 5.97. The number of hydrogen-bond acceptors (Lipinski definition) is 4. The minimum absolute atomic E-state index is 0.241. The molecule has 6 nitrogen and oxygen atoms in total. The van der Waals surface area contributed by atoms with Gasteiger partial charge in [0.2, 0.25) is 0 Å². The van der Waals surface area contributed by atoms with Crippen LogP contribution in [0.1, 0.15) is 53.7 Å². The molecule has 0 bridgehead atoms. The van der Waals surface area contributed by atoms with Crippen molar-refractivity contribution in [3.63, 3.8) is 0 Å². The lowest BCUT2D eigenvalue weighted by molar-refractivity contribution is -0.152. The molecular weight excluding hydrogens is 368 g/mol. The number of hydrogen-bond donors (Lipinski definition) is 2. The standard InChI is InChI=1S/C23H28N2O4/c1-14(2)19-8-6-7-9-20(19)25-22(27)17(5)29-21(26)13-24-23(28)18-11-10-15(3)16(4)12-18/h6-12,14,17H,13H2,1-5H3,(H,24,28)(H,25,27)/t17-/m0/s1. The van der Waals surface area contributed by atoms with Crippen LogP contribution in [0.4, 0.5) is 5.69 Å². The molecule has 0 aliphatic carbocycles. The zero-order valence-corrected chi connectivity index (χ0v) is 17.5. The maximum Gasteiger partial charge on any atom is 0.326 e. The molecule has 0 aromatic heterocycles. The molecular formula is C23H28N2O4. The first-order valence-corrected chi connectivity index (χ1v) is 9.63. The Morgan fingerprint density at radius 2 is 1.66 bits per heavy atom. The van der Waals surface area contributed by atoms with Crippen LogP contribution in [-0.4, -0.2) is 30.4 Å². The number of ether oxygens (including phenoxy) is 1. The molecule has 154 valence electrons. The highest BCUT2D eigenvalue weighted by atomic mass is 16.5. The summed E-state index contributed by atoms with van der Waals surface area (Å²) in [4.78, 5) is 36.6. The first kappa shape index (κ1) is 22.1. The zero-order valence-electron chi connectivity index (χ0n) is 17.5. The molecule has 1 atom stereocenters. The van der Waals surface area contributed by atoms with Gasteiger partial charge in [-0.25, -0.2) is 0 Å². The molecule has 0 aliphatic rings. The highest BCUT2D eigenvalue weighted by Gasteiger charge is 2.20. The van der Waals surface area contributed by atoms with Gasteiger partial charge in [-0.05, 0) is 61.6 Å². The van der Waals surface area contributed by atoms with Crippen LogP contribution in [-0.2, 0) is 14.3 Å². The van der Waals surface area contributed by atoms with Crippen molar-refractivity contribution in [2.45, 2.75) is 46.6 Å². The maximum atomic E-state index is 12.4. The first-order chi connectivity index (χ1) is 13.7. The van der Waals surface area contributed by atoms with Gasteiger partial charge in [0, 0.05) is 11.3 Å². The second kappa shape index (κ2) is 9.87. The number of para-hydroxylation sites is 1. The number of amides is 2. The molecule has 0 unspecified atom stereocenters. The van der Waals surface area contributed by atoms with Crippen LogP contribution in [0, 0.1) is 13.8 Å². The Kier molecular flexibility index (Phi) is 7.53. The molecule has 2 amide bonds. The van der Waals surface area contributed by atoms with Crippen molar-refractivity contribution in [3.05, 3.63) is 64.7 Å². The SMILES string of the molecule is Cc1ccc(C(=O)NCC(=O)O[C@@H](C)C(=O)Nc2ccccc2C(C)C)cc1C. The summed E-state index contributed by atoms with van der Waals surface area (Å²) in [6.45, 7) is 9.13. The smallest absolute Gasteiger partial charge is 0.326 e. The van der Waals surface area contributed by atoms with Gasteiger partial charge >= 0.3 is 5.97 Å². The Morgan fingerprint density at radius 3 is 2.31 bits per heavy atom. The van der Waals surface area contributed by atoms with E-state index in [1.165, 1.54) is 6.92 Å². The van der Waals surface area contributed by atoms with Crippen LogP contribution >= 0.6 is 0 Å². The summed E-state index contributed by atoms with van der Waals surface area (Å²) in [7, 11) is 0. The van der Waals surface area contributed by atoms with Crippen LogP contribution in [0.3, 0.4) is 0 Å². The first-order valence-electron chi connectivity index (χ1n) is 9.63. The van der Waals surface area contributed by atoms with Crippen molar-refractivity contribution in [1.82, 2.24) is 5.32 Å². The lowest BCUT2D eigenvalue weighted by Gasteiger charge is -2.17. The van der Waals surface area contributed by atoms with Gasteiger partial charge in [-0.15, -0.1) is 0 Å². The van der Waals surface area contributed by atoms with Crippen LogP contribution in [0.2, 0.25) is 0 Å². The summed E-state index contributed by atoms with van der Waals surface area (Å²) in [5, 5.41) is 5.31. The average molecular weight is 396 g/mol. The van der Waals surface area contributed by atoms with Gasteiger partial charge in [0.1, 0.15) is 6.54 Å². The lowest BCUT2D eigenvalue weighted by atomic mass is 10.0. The van der Waals surface area contributed by atoms with Crippen molar-refractivity contribution in [2.75, 3.05) is 11.9 Å². The second-order valence-corrected chi connectivity index (χ2v) is 7.35. The second-order valence-electron chi connectivity index (χ2n) is 7.35. The molecule has 29 heavy (non-hydrogen) atoms. The predicted octanol–water partition coefficient (Wildman–Crippen LogP) is 3.73. The van der Waals surface area contributed by atoms with Gasteiger partial charge in [-0.3, -0.25) is 14.4 Å². The largest absolute Gasteiger partial charge is 0.451 e. The van der Waals surface area contributed by atoms with Gasteiger partial charge in [0.05, 0.1) is 0 Å². The number of carbonyl (C=O) groups is 3. The Morgan fingerprint density at radius 1 is 0.966 bits per heavy atom. The summed E-state index contributed by atoms with van der Waals surface area (Å²) >= 11 is 0. The monoisotopic (exact) mass is 396 g/mol. The molecule has 0 saturated carbocycles. The number of aryl methyl sites for hydroxylation is 2. The minimum atomic E-state index is -0.985. The van der Waals surface area contributed by atoms with Gasteiger partial charge in [0.15, 0.2) is 6.10 Å². The van der Waals surface area contributed by atoms with Crippen LogP contribution in [0.5, 0.6) is 0 Å². The molecule has 0 saturated heterocycles. The molecule has 0 fully saturated rings. The van der Waals surface area contributed by atoms with E-state index in [1.807, 2.05) is 58.0 Å². The Hall–Kier alpha value is -3.15. The Bertz CT molecular complexity index is 906. The number of anilines is 1. The lowest BCUT2D eigenvalue weighted by Crippen LogP contribution is -2.36. The average Bonchev–Trinajstić information content (AvgIpc) is 2.68. The molecule has 2 N–H and O–H groups in total. The summed E-state index contributed by atoms with van der Waals surface area (Å²) < 4.78 is 5.15.